The predicted octanol–water partition coefficient (Wildman–Crippen LogP) is 2.72. The van der Waals surface area contributed by atoms with E-state index in [1.165, 1.54) is 17.7 Å². The lowest BCUT2D eigenvalue weighted by Crippen LogP contribution is -2.12. The summed E-state index contributed by atoms with van der Waals surface area (Å²) in [7, 11) is 0. The Bertz CT molecular complexity index is 644. The van der Waals surface area contributed by atoms with Crippen molar-refractivity contribution in [2.24, 2.45) is 0 Å². The number of Topliss-reactive ketones (excluding diaryl/α,β-unsaturated/α-hetero) is 1. The molecule has 5 nitrogen and oxygen atoms in total. The van der Waals surface area contributed by atoms with E-state index >= 15 is 0 Å². The molecular weight excluding hydrogens is 284 g/mol. The van der Waals surface area contributed by atoms with Gasteiger partial charge in [-0.2, -0.15) is 0 Å². The quantitative estimate of drug-likeness (QED) is 0.483. The van der Waals surface area contributed by atoms with Gasteiger partial charge in [0.1, 0.15) is 24.7 Å². The second kappa shape index (κ2) is 7.26. The fraction of sp³-hybridized carbons (Fsp3) is 0.176. The fourth-order valence-corrected chi connectivity index (χ4v) is 1.78. The number of aliphatic carboxylic acids is 1. The number of carbonyl (C=O) groups excluding carboxylic acids is 1. The first-order valence-electron chi connectivity index (χ1n) is 6.76. The van der Waals surface area contributed by atoms with Gasteiger partial charge in [-0.25, -0.2) is 4.79 Å². The molecule has 0 radical (unpaired) electrons. The topological polar surface area (TPSA) is 72.8 Å². The third kappa shape index (κ3) is 4.34. The van der Waals surface area contributed by atoms with Crippen LogP contribution in [0.3, 0.4) is 0 Å². The standard InChI is InChI=1S/C17H16O5/c1-12-2-6-14(7-3-12)21-10-11-22-15-8-4-13(5-9-15)16(18)17(19)20/h2-9H,10-11H2,1H3,(H,19,20). The number of ketones is 1. The molecule has 114 valence electrons. The van der Waals surface area contributed by atoms with Crippen molar-refractivity contribution >= 4 is 11.8 Å². The Morgan fingerprint density at radius 1 is 0.864 bits per heavy atom. The Morgan fingerprint density at radius 2 is 1.32 bits per heavy atom. The zero-order chi connectivity index (χ0) is 15.9. The highest BCUT2D eigenvalue weighted by atomic mass is 16.5. The molecule has 5 heteroatoms. The number of ether oxygens (including phenoxy) is 2. The van der Waals surface area contributed by atoms with Gasteiger partial charge in [-0.15, -0.1) is 0 Å². The van der Waals surface area contributed by atoms with Crippen LogP contribution in [0, 0.1) is 6.92 Å². The van der Waals surface area contributed by atoms with E-state index in [-0.39, 0.29) is 5.56 Å². The Balaban J connectivity index is 1.78. The Hall–Kier alpha value is -2.82. The number of rotatable bonds is 7. The van der Waals surface area contributed by atoms with Crippen LogP contribution in [0.5, 0.6) is 11.5 Å². The maximum absolute atomic E-state index is 11.2. The van der Waals surface area contributed by atoms with Gasteiger partial charge in [0.25, 0.3) is 5.78 Å². The number of benzene rings is 2. The van der Waals surface area contributed by atoms with E-state index in [9.17, 15) is 9.59 Å². The van der Waals surface area contributed by atoms with Crippen molar-refractivity contribution in [3.8, 4) is 11.5 Å². The van der Waals surface area contributed by atoms with Crippen LogP contribution in [-0.2, 0) is 4.79 Å². The van der Waals surface area contributed by atoms with Crippen LogP contribution in [-0.4, -0.2) is 30.1 Å². The summed E-state index contributed by atoms with van der Waals surface area (Å²) in [6, 6.07) is 13.7. The molecule has 1 N–H and O–H groups in total. The normalized spacial score (nSPS) is 10.0. The van der Waals surface area contributed by atoms with Crippen molar-refractivity contribution in [2.45, 2.75) is 6.92 Å². The average Bonchev–Trinajstić information content (AvgIpc) is 2.53. The van der Waals surface area contributed by atoms with Gasteiger partial charge in [0.2, 0.25) is 0 Å². The fourth-order valence-electron chi connectivity index (χ4n) is 1.78. The molecule has 2 aromatic carbocycles. The summed E-state index contributed by atoms with van der Waals surface area (Å²) in [4.78, 5) is 21.8. The molecule has 0 unspecified atom stereocenters. The summed E-state index contributed by atoms with van der Waals surface area (Å²) in [5, 5.41) is 8.61. The number of carboxylic acids is 1. The van der Waals surface area contributed by atoms with E-state index in [0.717, 1.165) is 5.75 Å². The van der Waals surface area contributed by atoms with Gasteiger partial charge in [-0.3, -0.25) is 4.79 Å². The molecule has 22 heavy (non-hydrogen) atoms. The lowest BCUT2D eigenvalue weighted by atomic mass is 10.1. The van der Waals surface area contributed by atoms with Crippen LogP contribution >= 0.6 is 0 Å². The third-order valence-corrected chi connectivity index (χ3v) is 2.95. The SMILES string of the molecule is Cc1ccc(OCCOc2ccc(C(=O)C(=O)O)cc2)cc1. The molecule has 0 fully saturated rings. The first kappa shape index (κ1) is 15.6. The van der Waals surface area contributed by atoms with E-state index in [1.54, 1.807) is 12.1 Å². The number of carbonyl (C=O) groups is 2. The summed E-state index contributed by atoms with van der Waals surface area (Å²) in [6.45, 7) is 2.74. The molecule has 0 saturated carbocycles. The molecule has 0 aliphatic heterocycles. The van der Waals surface area contributed by atoms with E-state index in [4.69, 9.17) is 14.6 Å². The van der Waals surface area contributed by atoms with Crippen molar-refractivity contribution in [3.63, 3.8) is 0 Å². The van der Waals surface area contributed by atoms with Crippen molar-refractivity contribution in [2.75, 3.05) is 13.2 Å². The van der Waals surface area contributed by atoms with E-state index in [2.05, 4.69) is 0 Å². The van der Waals surface area contributed by atoms with Crippen LogP contribution in [0.2, 0.25) is 0 Å². The second-order valence-corrected chi connectivity index (χ2v) is 4.67. The van der Waals surface area contributed by atoms with E-state index < -0.39 is 11.8 Å². The first-order valence-corrected chi connectivity index (χ1v) is 6.76. The summed E-state index contributed by atoms with van der Waals surface area (Å²) in [5.41, 5.74) is 1.29. The zero-order valence-corrected chi connectivity index (χ0v) is 12.1. The van der Waals surface area contributed by atoms with Gasteiger partial charge in [-0.05, 0) is 43.3 Å². The Morgan fingerprint density at radius 3 is 1.77 bits per heavy atom. The maximum Gasteiger partial charge on any atom is 0.377 e. The average molecular weight is 300 g/mol. The van der Waals surface area contributed by atoms with Gasteiger partial charge >= 0.3 is 5.97 Å². The molecule has 0 heterocycles. The summed E-state index contributed by atoms with van der Waals surface area (Å²) in [5.74, 6) is -1.08. The molecule has 0 aliphatic rings. The second-order valence-electron chi connectivity index (χ2n) is 4.67. The number of hydrogen-bond acceptors (Lipinski definition) is 4. The molecule has 0 spiro atoms. The minimum atomic E-state index is -1.47. The molecule has 0 atom stereocenters. The Labute approximate surface area is 128 Å². The van der Waals surface area contributed by atoms with Crippen molar-refractivity contribution in [1.29, 1.82) is 0 Å². The minimum absolute atomic E-state index is 0.121. The highest BCUT2D eigenvalue weighted by Crippen LogP contribution is 2.14. The Kier molecular flexibility index (Phi) is 5.14. The maximum atomic E-state index is 11.2. The largest absolute Gasteiger partial charge is 0.490 e. The lowest BCUT2D eigenvalue weighted by Gasteiger charge is -2.08. The van der Waals surface area contributed by atoms with Crippen LogP contribution in [0.25, 0.3) is 0 Å². The lowest BCUT2D eigenvalue weighted by molar-refractivity contribution is -0.131. The molecule has 0 aromatic heterocycles. The molecule has 0 amide bonds. The summed E-state index contributed by atoms with van der Waals surface area (Å²) in [6.07, 6.45) is 0. The molecule has 0 saturated heterocycles. The van der Waals surface area contributed by atoms with E-state index in [0.29, 0.717) is 19.0 Å². The number of aryl methyl sites for hydroxylation is 1. The predicted molar refractivity (Wildman–Crippen MR) is 80.6 cm³/mol. The molecule has 2 aromatic rings. The molecule has 0 bridgehead atoms. The monoisotopic (exact) mass is 300 g/mol. The third-order valence-electron chi connectivity index (χ3n) is 2.95. The van der Waals surface area contributed by atoms with Crippen LogP contribution < -0.4 is 9.47 Å². The van der Waals surface area contributed by atoms with Crippen molar-refractivity contribution < 1.29 is 24.2 Å². The van der Waals surface area contributed by atoms with Gasteiger partial charge in [0.05, 0.1) is 0 Å². The van der Waals surface area contributed by atoms with Gasteiger partial charge in [-0.1, -0.05) is 17.7 Å². The van der Waals surface area contributed by atoms with Crippen molar-refractivity contribution in [1.82, 2.24) is 0 Å². The van der Waals surface area contributed by atoms with Crippen LogP contribution in [0.1, 0.15) is 15.9 Å². The van der Waals surface area contributed by atoms with Crippen molar-refractivity contribution in [3.05, 3.63) is 59.7 Å². The minimum Gasteiger partial charge on any atom is -0.490 e. The summed E-state index contributed by atoms with van der Waals surface area (Å²) < 4.78 is 11.0. The first-order chi connectivity index (χ1) is 10.6. The van der Waals surface area contributed by atoms with Crippen LogP contribution in [0.15, 0.2) is 48.5 Å². The van der Waals surface area contributed by atoms with Gasteiger partial charge < -0.3 is 14.6 Å². The molecule has 2 rings (SSSR count). The zero-order valence-electron chi connectivity index (χ0n) is 12.1. The van der Waals surface area contributed by atoms with E-state index in [1.807, 2.05) is 31.2 Å². The molecular formula is C17H16O5. The van der Waals surface area contributed by atoms with Gasteiger partial charge in [0.15, 0.2) is 0 Å². The highest BCUT2D eigenvalue weighted by molar-refractivity contribution is 6.39. The molecule has 0 aliphatic carbocycles. The summed E-state index contributed by atoms with van der Waals surface area (Å²) >= 11 is 0. The number of hydrogen-bond donors (Lipinski definition) is 1. The van der Waals surface area contributed by atoms with Gasteiger partial charge in [0, 0.05) is 5.56 Å². The number of carboxylic acid groups (broad SMARTS) is 1. The smallest absolute Gasteiger partial charge is 0.377 e. The van der Waals surface area contributed by atoms with Crippen LogP contribution in [0.4, 0.5) is 0 Å². The highest BCUT2D eigenvalue weighted by Gasteiger charge is 2.13.